The molecule has 0 fully saturated rings. The minimum Gasteiger partial charge on any atom is -0.338 e. The lowest BCUT2D eigenvalue weighted by atomic mass is 10.2. The van der Waals surface area contributed by atoms with Gasteiger partial charge in [-0.1, -0.05) is 11.2 Å². The largest absolute Gasteiger partial charge is 0.338 e. The van der Waals surface area contributed by atoms with E-state index in [0.29, 0.717) is 24.3 Å². The Morgan fingerprint density at radius 1 is 1.56 bits per heavy atom. The molecule has 0 saturated carbocycles. The fourth-order valence-electron chi connectivity index (χ4n) is 1.54. The molecule has 18 heavy (non-hydrogen) atoms. The van der Waals surface area contributed by atoms with Gasteiger partial charge in [0.15, 0.2) is 5.82 Å². The second-order valence-electron chi connectivity index (χ2n) is 3.91. The fourth-order valence-corrected chi connectivity index (χ4v) is 2.39. The Balaban J connectivity index is 0.00000162. The first kappa shape index (κ1) is 15.1. The van der Waals surface area contributed by atoms with Gasteiger partial charge in [-0.15, -0.1) is 23.7 Å². The van der Waals surface area contributed by atoms with Crippen LogP contribution in [-0.2, 0) is 13.1 Å². The van der Waals surface area contributed by atoms with Crippen LogP contribution in [0.1, 0.15) is 29.6 Å². The molecule has 0 amide bonds. The second kappa shape index (κ2) is 6.84. The van der Waals surface area contributed by atoms with Gasteiger partial charge >= 0.3 is 0 Å². The lowest BCUT2D eigenvalue weighted by Gasteiger charge is -2.21. The highest BCUT2D eigenvalue weighted by Crippen LogP contribution is 2.24. The number of aromatic nitrogens is 2. The van der Waals surface area contributed by atoms with E-state index in [-0.39, 0.29) is 19.0 Å². The zero-order valence-electron chi connectivity index (χ0n) is 10.4. The average Bonchev–Trinajstić information content (AvgIpc) is 2.98. The number of halogens is 1. The van der Waals surface area contributed by atoms with Crippen LogP contribution in [0.25, 0.3) is 0 Å². The van der Waals surface area contributed by atoms with E-state index in [1.807, 2.05) is 7.05 Å². The SMILES string of the molecule is CC(c1cccs1)N(C)Cc1noc(CN)n1.Cl. The van der Waals surface area contributed by atoms with Gasteiger partial charge in [0.2, 0.25) is 5.89 Å². The van der Waals surface area contributed by atoms with Crippen LogP contribution in [-0.4, -0.2) is 22.1 Å². The van der Waals surface area contributed by atoms with E-state index in [9.17, 15) is 0 Å². The van der Waals surface area contributed by atoms with Gasteiger partial charge in [-0.25, -0.2) is 0 Å². The molecule has 2 heterocycles. The van der Waals surface area contributed by atoms with E-state index in [4.69, 9.17) is 10.3 Å². The molecule has 2 aromatic rings. The summed E-state index contributed by atoms with van der Waals surface area (Å²) in [6.45, 7) is 3.11. The zero-order valence-corrected chi connectivity index (χ0v) is 12.0. The molecule has 0 aliphatic rings. The molecule has 0 radical (unpaired) electrons. The van der Waals surface area contributed by atoms with Gasteiger partial charge in [-0.2, -0.15) is 4.98 Å². The normalized spacial score (nSPS) is 12.4. The Labute approximate surface area is 116 Å². The third kappa shape index (κ3) is 3.52. The second-order valence-corrected chi connectivity index (χ2v) is 4.89. The zero-order chi connectivity index (χ0) is 12.3. The fraction of sp³-hybridized carbons (Fsp3) is 0.455. The highest BCUT2D eigenvalue weighted by atomic mass is 35.5. The average molecular weight is 289 g/mol. The summed E-state index contributed by atoms with van der Waals surface area (Å²) < 4.78 is 4.97. The Kier molecular flexibility index (Phi) is 5.74. The maximum absolute atomic E-state index is 5.42. The highest BCUT2D eigenvalue weighted by molar-refractivity contribution is 7.10. The summed E-state index contributed by atoms with van der Waals surface area (Å²) in [5, 5.41) is 5.97. The van der Waals surface area contributed by atoms with Crippen molar-refractivity contribution in [2.24, 2.45) is 5.73 Å². The number of hydrogen-bond acceptors (Lipinski definition) is 6. The van der Waals surface area contributed by atoms with Crippen molar-refractivity contribution >= 4 is 23.7 Å². The van der Waals surface area contributed by atoms with Crippen molar-refractivity contribution in [2.45, 2.75) is 26.1 Å². The molecule has 0 aromatic carbocycles. The number of thiophene rings is 1. The molecule has 2 rings (SSSR count). The molecule has 5 nitrogen and oxygen atoms in total. The number of nitrogens with zero attached hydrogens (tertiary/aromatic N) is 3. The van der Waals surface area contributed by atoms with Crippen molar-refractivity contribution < 1.29 is 4.52 Å². The standard InChI is InChI=1S/C11H16N4OS.ClH/c1-8(9-4-3-5-17-9)15(2)7-10-13-11(6-12)16-14-10;/h3-5,8H,6-7,12H2,1-2H3;1H. The quantitative estimate of drug-likeness (QED) is 0.913. The molecule has 1 atom stereocenters. The van der Waals surface area contributed by atoms with E-state index in [0.717, 1.165) is 0 Å². The van der Waals surface area contributed by atoms with Crippen LogP contribution in [0.2, 0.25) is 0 Å². The molecule has 0 spiro atoms. The molecular weight excluding hydrogens is 272 g/mol. The molecule has 100 valence electrons. The van der Waals surface area contributed by atoms with Crippen molar-refractivity contribution in [1.82, 2.24) is 15.0 Å². The van der Waals surface area contributed by atoms with Crippen LogP contribution in [0, 0.1) is 0 Å². The molecule has 0 aliphatic heterocycles. The van der Waals surface area contributed by atoms with E-state index < -0.39 is 0 Å². The van der Waals surface area contributed by atoms with Crippen molar-refractivity contribution in [3.8, 4) is 0 Å². The summed E-state index contributed by atoms with van der Waals surface area (Å²) >= 11 is 1.75. The van der Waals surface area contributed by atoms with Crippen LogP contribution in [0.15, 0.2) is 22.0 Å². The van der Waals surface area contributed by atoms with Gasteiger partial charge in [0.05, 0.1) is 13.1 Å². The third-order valence-corrected chi connectivity index (χ3v) is 3.73. The molecule has 2 N–H and O–H groups in total. The summed E-state index contributed by atoms with van der Waals surface area (Å²) in [7, 11) is 2.04. The Morgan fingerprint density at radius 2 is 2.33 bits per heavy atom. The lowest BCUT2D eigenvalue weighted by molar-refractivity contribution is 0.245. The lowest BCUT2D eigenvalue weighted by Crippen LogP contribution is -2.21. The van der Waals surface area contributed by atoms with E-state index in [2.05, 4.69) is 39.5 Å². The van der Waals surface area contributed by atoms with Crippen LogP contribution in [0.3, 0.4) is 0 Å². The molecular formula is C11H17ClN4OS. The molecule has 1 unspecified atom stereocenters. The van der Waals surface area contributed by atoms with Crippen LogP contribution in [0.4, 0.5) is 0 Å². The Hall–Kier alpha value is -0.950. The van der Waals surface area contributed by atoms with Gasteiger partial charge in [0.25, 0.3) is 0 Å². The van der Waals surface area contributed by atoms with Crippen molar-refractivity contribution in [3.05, 3.63) is 34.1 Å². The number of nitrogens with two attached hydrogens (primary N) is 1. The van der Waals surface area contributed by atoms with Gasteiger partial charge in [0, 0.05) is 10.9 Å². The van der Waals surface area contributed by atoms with Crippen molar-refractivity contribution in [1.29, 1.82) is 0 Å². The van der Waals surface area contributed by atoms with E-state index in [1.165, 1.54) is 4.88 Å². The van der Waals surface area contributed by atoms with Gasteiger partial charge in [-0.05, 0) is 25.4 Å². The van der Waals surface area contributed by atoms with Crippen molar-refractivity contribution in [2.75, 3.05) is 7.05 Å². The number of hydrogen-bond donors (Lipinski definition) is 1. The summed E-state index contributed by atoms with van der Waals surface area (Å²) in [5.41, 5.74) is 5.42. The first-order valence-electron chi connectivity index (χ1n) is 5.46. The van der Waals surface area contributed by atoms with Gasteiger partial charge < -0.3 is 10.3 Å². The van der Waals surface area contributed by atoms with Crippen LogP contribution < -0.4 is 5.73 Å². The smallest absolute Gasteiger partial charge is 0.240 e. The van der Waals surface area contributed by atoms with E-state index >= 15 is 0 Å². The molecule has 0 saturated heterocycles. The van der Waals surface area contributed by atoms with Crippen molar-refractivity contribution in [3.63, 3.8) is 0 Å². The summed E-state index contributed by atoms with van der Waals surface area (Å²) in [6.07, 6.45) is 0. The van der Waals surface area contributed by atoms with Gasteiger partial charge in [0.1, 0.15) is 0 Å². The molecule has 0 aliphatic carbocycles. The Morgan fingerprint density at radius 3 is 2.89 bits per heavy atom. The summed E-state index contributed by atoms with van der Waals surface area (Å²) in [4.78, 5) is 7.70. The van der Waals surface area contributed by atoms with E-state index in [1.54, 1.807) is 11.3 Å². The molecule has 2 aromatic heterocycles. The highest BCUT2D eigenvalue weighted by Gasteiger charge is 2.15. The maximum Gasteiger partial charge on any atom is 0.240 e. The van der Waals surface area contributed by atoms with Crippen LogP contribution >= 0.6 is 23.7 Å². The van der Waals surface area contributed by atoms with Crippen LogP contribution in [0.5, 0.6) is 0 Å². The minimum atomic E-state index is 0. The molecule has 0 bridgehead atoms. The first-order chi connectivity index (χ1) is 8.20. The topological polar surface area (TPSA) is 68.2 Å². The number of rotatable bonds is 5. The first-order valence-corrected chi connectivity index (χ1v) is 6.34. The summed E-state index contributed by atoms with van der Waals surface area (Å²) in [6, 6.07) is 4.54. The predicted octanol–water partition coefficient (Wildman–Crippen LogP) is 2.20. The summed E-state index contributed by atoms with van der Waals surface area (Å²) in [5.74, 6) is 1.16. The monoisotopic (exact) mass is 288 g/mol. The molecule has 7 heteroatoms. The van der Waals surface area contributed by atoms with Gasteiger partial charge in [-0.3, -0.25) is 4.90 Å². The minimum absolute atomic E-state index is 0. The predicted molar refractivity (Wildman–Crippen MR) is 73.6 cm³/mol. The maximum atomic E-state index is 5.42. The Bertz CT molecular complexity index is 459. The third-order valence-electron chi connectivity index (χ3n) is 2.69.